The van der Waals surface area contributed by atoms with Gasteiger partial charge in [0.2, 0.25) is 0 Å². The Bertz CT molecular complexity index is 388. The highest BCUT2D eigenvalue weighted by atomic mass is 15.1. The fourth-order valence-electron chi connectivity index (χ4n) is 2.77. The minimum Gasteiger partial charge on any atom is -0.371 e. The van der Waals surface area contributed by atoms with Gasteiger partial charge < -0.3 is 10.2 Å². The lowest BCUT2D eigenvalue weighted by Gasteiger charge is -2.32. The standard InChI is InChI=1S/C19H34N2/c1-7-12-20-17(6)18-10-8-9-11-19(18)21(13-15(2)3)14-16(4)5/h8-11,15-17,20H,7,12-14H2,1-6H3. The third-order valence-corrected chi connectivity index (χ3v) is 3.62. The van der Waals surface area contributed by atoms with Crippen LogP contribution >= 0.6 is 0 Å². The maximum Gasteiger partial charge on any atom is 0.0414 e. The van der Waals surface area contributed by atoms with Crippen molar-refractivity contribution in [2.45, 2.75) is 54.0 Å². The Morgan fingerprint density at radius 1 is 0.952 bits per heavy atom. The van der Waals surface area contributed by atoms with Gasteiger partial charge in [0.1, 0.15) is 0 Å². The molecule has 1 rings (SSSR count). The van der Waals surface area contributed by atoms with E-state index in [1.807, 2.05) is 0 Å². The summed E-state index contributed by atoms with van der Waals surface area (Å²) < 4.78 is 0. The van der Waals surface area contributed by atoms with E-state index >= 15 is 0 Å². The Labute approximate surface area is 131 Å². The summed E-state index contributed by atoms with van der Waals surface area (Å²) in [6.45, 7) is 17.0. The molecule has 1 atom stereocenters. The average molecular weight is 290 g/mol. The second-order valence-electron chi connectivity index (χ2n) is 6.93. The molecule has 0 bridgehead atoms. The largest absolute Gasteiger partial charge is 0.371 e. The molecule has 0 amide bonds. The summed E-state index contributed by atoms with van der Waals surface area (Å²) >= 11 is 0. The summed E-state index contributed by atoms with van der Waals surface area (Å²) in [5.41, 5.74) is 2.82. The quantitative estimate of drug-likeness (QED) is 0.698. The molecule has 0 heterocycles. The monoisotopic (exact) mass is 290 g/mol. The molecule has 120 valence electrons. The molecule has 1 aromatic rings. The third-order valence-electron chi connectivity index (χ3n) is 3.62. The van der Waals surface area contributed by atoms with Crippen LogP contribution in [0.5, 0.6) is 0 Å². The molecule has 0 aliphatic carbocycles. The second-order valence-corrected chi connectivity index (χ2v) is 6.93. The molecule has 0 spiro atoms. The number of anilines is 1. The van der Waals surface area contributed by atoms with E-state index < -0.39 is 0 Å². The number of hydrogen-bond acceptors (Lipinski definition) is 2. The lowest BCUT2D eigenvalue weighted by Crippen LogP contribution is -2.33. The number of rotatable bonds is 9. The highest BCUT2D eigenvalue weighted by molar-refractivity contribution is 5.55. The summed E-state index contributed by atoms with van der Waals surface area (Å²) in [4.78, 5) is 2.56. The average Bonchev–Trinajstić information content (AvgIpc) is 2.43. The van der Waals surface area contributed by atoms with Crippen LogP contribution in [0.2, 0.25) is 0 Å². The molecule has 0 radical (unpaired) electrons. The highest BCUT2D eigenvalue weighted by Crippen LogP contribution is 2.27. The summed E-state index contributed by atoms with van der Waals surface area (Å²) in [7, 11) is 0. The van der Waals surface area contributed by atoms with E-state index in [4.69, 9.17) is 0 Å². The van der Waals surface area contributed by atoms with Gasteiger partial charge in [-0.2, -0.15) is 0 Å². The lowest BCUT2D eigenvalue weighted by molar-refractivity contribution is 0.539. The predicted molar refractivity (Wildman–Crippen MR) is 95.0 cm³/mol. The van der Waals surface area contributed by atoms with Gasteiger partial charge in [-0.15, -0.1) is 0 Å². The first kappa shape index (κ1) is 18.0. The maximum atomic E-state index is 3.62. The van der Waals surface area contributed by atoms with Crippen molar-refractivity contribution >= 4 is 5.69 Å². The topological polar surface area (TPSA) is 15.3 Å². The van der Waals surface area contributed by atoms with Crippen LogP contribution in [0.25, 0.3) is 0 Å². The van der Waals surface area contributed by atoms with Crippen molar-refractivity contribution in [3.8, 4) is 0 Å². The van der Waals surface area contributed by atoms with Crippen molar-refractivity contribution < 1.29 is 0 Å². The van der Waals surface area contributed by atoms with Gasteiger partial charge in [0.15, 0.2) is 0 Å². The molecule has 0 saturated heterocycles. The molecule has 0 aromatic heterocycles. The molecule has 2 heteroatoms. The van der Waals surface area contributed by atoms with Crippen molar-refractivity contribution in [1.82, 2.24) is 5.32 Å². The van der Waals surface area contributed by atoms with Gasteiger partial charge in [-0.3, -0.25) is 0 Å². The zero-order chi connectivity index (χ0) is 15.8. The van der Waals surface area contributed by atoms with Crippen molar-refractivity contribution in [1.29, 1.82) is 0 Å². The van der Waals surface area contributed by atoms with Crippen LogP contribution < -0.4 is 10.2 Å². The second kappa shape index (κ2) is 9.09. The van der Waals surface area contributed by atoms with Gasteiger partial charge in [-0.25, -0.2) is 0 Å². The highest BCUT2D eigenvalue weighted by Gasteiger charge is 2.16. The van der Waals surface area contributed by atoms with Gasteiger partial charge in [0.25, 0.3) is 0 Å². The molecule has 1 N–H and O–H groups in total. The number of benzene rings is 1. The SMILES string of the molecule is CCCNC(C)c1ccccc1N(CC(C)C)CC(C)C. The Morgan fingerprint density at radius 3 is 2.05 bits per heavy atom. The number of para-hydroxylation sites is 1. The van der Waals surface area contributed by atoms with Gasteiger partial charge in [-0.1, -0.05) is 52.8 Å². The molecule has 1 aromatic carbocycles. The van der Waals surface area contributed by atoms with Crippen molar-refractivity contribution in [3.63, 3.8) is 0 Å². The van der Waals surface area contributed by atoms with Crippen LogP contribution in [0, 0.1) is 11.8 Å². The van der Waals surface area contributed by atoms with E-state index in [-0.39, 0.29) is 0 Å². The van der Waals surface area contributed by atoms with Crippen molar-refractivity contribution in [2.24, 2.45) is 11.8 Å². The third kappa shape index (κ3) is 6.09. The first-order chi connectivity index (χ1) is 9.95. The van der Waals surface area contributed by atoms with Gasteiger partial charge >= 0.3 is 0 Å². The van der Waals surface area contributed by atoms with E-state index in [0.717, 1.165) is 19.6 Å². The first-order valence-corrected chi connectivity index (χ1v) is 8.52. The van der Waals surface area contributed by atoms with Gasteiger partial charge in [0, 0.05) is 24.8 Å². The van der Waals surface area contributed by atoms with E-state index in [9.17, 15) is 0 Å². The lowest BCUT2D eigenvalue weighted by atomic mass is 10.0. The maximum absolute atomic E-state index is 3.62. The van der Waals surface area contributed by atoms with Gasteiger partial charge in [0.05, 0.1) is 0 Å². The number of hydrogen-bond donors (Lipinski definition) is 1. The minimum absolute atomic E-state index is 0.406. The van der Waals surface area contributed by atoms with Crippen molar-refractivity contribution in [3.05, 3.63) is 29.8 Å². The molecule has 0 aliphatic rings. The molecule has 0 aliphatic heterocycles. The Kier molecular flexibility index (Phi) is 7.81. The number of nitrogens with one attached hydrogen (secondary N) is 1. The minimum atomic E-state index is 0.406. The molecule has 21 heavy (non-hydrogen) atoms. The summed E-state index contributed by atoms with van der Waals surface area (Å²) in [6, 6.07) is 9.29. The van der Waals surface area contributed by atoms with E-state index in [2.05, 4.69) is 76.0 Å². The fourth-order valence-corrected chi connectivity index (χ4v) is 2.77. The summed E-state index contributed by atoms with van der Waals surface area (Å²) in [6.07, 6.45) is 1.17. The van der Waals surface area contributed by atoms with Crippen molar-refractivity contribution in [2.75, 3.05) is 24.5 Å². The Morgan fingerprint density at radius 2 is 1.52 bits per heavy atom. The van der Waals surface area contributed by atoms with E-state index in [0.29, 0.717) is 17.9 Å². The molecular formula is C19H34N2. The van der Waals surface area contributed by atoms with Crippen LogP contribution in [0.15, 0.2) is 24.3 Å². The fraction of sp³-hybridized carbons (Fsp3) is 0.684. The van der Waals surface area contributed by atoms with Crippen LogP contribution in [0.1, 0.15) is 59.6 Å². The molecule has 1 unspecified atom stereocenters. The normalized spacial score (nSPS) is 13.0. The Balaban J connectivity index is 3.00. The zero-order valence-electron chi connectivity index (χ0n) is 14.8. The number of nitrogens with zero attached hydrogens (tertiary/aromatic N) is 1. The van der Waals surface area contributed by atoms with Crippen LogP contribution in [0.4, 0.5) is 5.69 Å². The Hall–Kier alpha value is -1.02. The molecular weight excluding hydrogens is 256 g/mol. The smallest absolute Gasteiger partial charge is 0.0414 e. The predicted octanol–water partition coefficient (Wildman–Crippen LogP) is 4.87. The molecule has 0 saturated carbocycles. The summed E-state index contributed by atoms with van der Waals surface area (Å²) in [5, 5.41) is 3.62. The summed E-state index contributed by atoms with van der Waals surface area (Å²) in [5.74, 6) is 1.35. The molecule has 0 fully saturated rings. The van der Waals surface area contributed by atoms with Gasteiger partial charge in [-0.05, 0) is 43.4 Å². The van der Waals surface area contributed by atoms with E-state index in [1.165, 1.54) is 17.7 Å². The zero-order valence-corrected chi connectivity index (χ0v) is 14.8. The first-order valence-electron chi connectivity index (χ1n) is 8.52. The molecule has 2 nitrogen and oxygen atoms in total. The van der Waals surface area contributed by atoms with Crippen LogP contribution in [-0.2, 0) is 0 Å². The van der Waals surface area contributed by atoms with Crippen LogP contribution in [-0.4, -0.2) is 19.6 Å². The van der Waals surface area contributed by atoms with E-state index in [1.54, 1.807) is 0 Å². The van der Waals surface area contributed by atoms with Crippen LogP contribution in [0.3, 0.4) is 0 Å².